The van der Waals surface area contributed by atoms with Crippen LogP contribution in [0.5, 0.6) is 0 Å². The van der Waals surface area contributed by atoms with Crippen LogP contribution in [0.3, 0.4) is 0 Å². The predicted octanol–water partition coefficient (Wildman–Crippen LogP) is 2.53. The van der Waals surface area contributed by atoms with Crippen molar-refractivity contribution < 1.29 is 4.79 Å². The molecule has 0 spiro atoms. The fourth-order valence-electron chi connectivity index (χ4n) is 1.00. The highest BCUT2D eigenvalue weighted by atomic mass is 35.5. The summed E-state index contributed by atoms with van der Waals surface area (Å²) in [5, 5.41) is 3.45. The molecule has 1 N–H and O–H groups in total. The summed E-state index contributed by atoms with van der Waals surface area (Å²) in [6.45, 7) is 2.34. The van der Waals surface area contributed by atoms with E-state index in [2.05, 4.69) is 5.32 Å². The van der Waals surface area contributed by atoms with Gasteiger partial charge in [0.1, 0.15) is 0 Å². The summed E-state index contributed by atoms with van der Waals surface area (Å²) in [5.41, 5.74) is 1.03. The van der Waals surface area contributed by atoms with Crippen molar-refractivity contribution in [1.29, 1.82) is 0 Å². The lowest BCUT2D eigenvalue weighted by atomic mass is 10.2. The first-order valence-corrected chi connectivity index (χ1v) is 4.75. The number of carbonyl (C=O) groups excluding carboxylic acids is 1. The van der Waals surface area contributed by atoms with Crippen molar-refractivity contribution in [3.8, 4) is 0 Å². The van der Waals surface area contributed by atoms with Crippen molar-refractivity contribution in [1.82, 2.24) is 5.32 Å². The molecule has 0 unspecified atom stereocenters. The number of halogens is 1. The van der Waals surface area contributed by atoms with E-state index in [0.29, 0.717) is 11.6 Å². The lowest BCUT2D eigenvalue weighted by Gasteiger charge is -2.02. The van der Waals surface area contributed by atoms with E-state index in [-0.39, 0.29) is 5.91 Å². The van der Waals surface area contributed by atoms with E-state index >= 15 is 0 Å². The lowest BCUT2D eigenvalue weighted by molar-refractivity contribution is -0.116. The molecule has 1 amide bonds. The van der Waals surface area contributed by atoms with Gasteiger partial charge in [-0.15, -0.1) is 0 Å². The van der Waals surface area contributed by atoms with Crippen LogP contribution in [-0.4, -0.2) is 5.91 Å². The third-order valence-electron chi connectivity index (χ3n) is 1.70. The molecule has 0 bridgehead atoms. The topological polar surface area (TPSA) is 29.1 Å². The fourth-order valence-corrected chi connectivity index (χ4v) is 1.13. The molecule has 74 valence electrons. The van der Waals surface area contributed by atoms with Gasteiger partial charge < -0.3 is 5.32 Å². The third kappa shape index (κ3) is 3.62. The Bertz CT molecular complexity index is 330. The zero-order valence-corrected chi connectivity index (χ0v) is 8.71. The third-order valence-corrected chi connectivity index (χ3v) is 1.95. The number of allylic oxidation sites excluding steroid dienone is 1. The smallest absolute Gasteiger partial charge is 0.243 e. The number of amides is 1. The van der Waals surface area contributed by atoms with Gasteiger partial charge in [-0.25, -0.2) is 0 Å². The molecule has 1 aromatic rings. The number of hydrogen-bond donors (Lipinski definition) is 1. The number of rotatable bonds is 3. The van der Waals surface area contributed by atoms with Gasteiger partial charge in [-0.05, 0) is 30.7 Å². The normalized spacial score (nSPS) is 10.4. The second-order valence-electron chi connectivity index (χ2n) is 2.84. The molecule has 3 heteroatoms. The average molecular weight is 210 g/mol. The highest BCUT2D eigenvalue weighted by Gasteiger charge is 1.95. The first-order valence-electron chi connectivity index (χ1n) is 4.37. The van der Waals surface area contributed by atoms with Crippen molar-refractivity contribution in [3.63, 3.8) is 0 Å². The zero-order chi connectivity index (χ0) is 10.4. The molecule has 0 fully saturated rings. The van der Waals surface area contributed by atoms with Crippen molar-refractivity contribution in [2.24, 2.45) is 0 Å². The highest BCUT2D eigenvalue weighted by Crippen LogP contribution is 2.08. The monoisotopic (exact) mass is 209 g/mol. The molecular weight excluding hydrogens is 198 g/mol. The maximum atomic E-state index is 11.1. The summed E-state index contributed by atoms with van der Waals surface area (Å²) in [5.74, 6) is -0.0811. The molecule has 2 nitrogen and oxygen atoms in total. The van der Waals surface area contributed by atoms with Crippen LogP contribution in [0.1, 0.15) is 12.5 Å². The molecule has 1 aromatic carbocycles. The van der Waals surface area contributed by atoms with E-state index in [0.717, 1.165) is 5.56 Å². The van der Waals surface area contributed by atoms with Gasteiger partial charge in [-0.3, -0.25) is 4.79 Å². The van der Waals surface area contributed by atoms with E-state index in [9.17, 15) is 4.79 Å². The Morgan fingerprint density at radius 2 is 2.07 bits per heavy atom. The molecule has 0 radical (unpaired) electrons. The highest BCUT2D eigenvalue weighted by molar-refractivity contribution is 6.30. The Balaban J connectivity index is 2.46. The summed E-state index contributed by atoms with van der Waals surface area (Å²) >= 11 is 5.73. The fraction of sp³-hybridized carbons (Fsp3) is 0.182. The second kappa shape index (κ2) is 5.45. The molecule has 0 saturated heterocycles. The van der Waals surface area contributed by atoms with E-state index in [4.69, 9.17) is 11.6 Å². The van der Waals surface area contributed by atoms with Crippen molar-refractivity contribution in [3.05, 3.63) is 47.0 Å². The SMILES string of the molecule is C/C=C/C(=O)NCc1ccc(Cl)cc1. The van der Waals surface area contributed by atoms with Crippen LogP contribution in [-0.2, 0) is 11.3 Å². The van der Waals surface area contributed by atoms with Gasteiger partial charge in [0, 0.05) is 11.6 Å². The van der Waals surface area contributed by atoms with Gasteiger partial charge in [0.2, 0.25) is 5.91 Å². The first-order chi connectivity index (χ1) is 6.72. The summed E-state index contributed by atoms with van der Waals surface area (Å²) in [7, 11) is 0. The Morgan fingerprint density at radius 3 is 2.64 bits per heavy atom. The molecule has 0 aliphatic heterocycles. The first kappa shape index (κ1) is 10.8. The Kier molecular flexibility index (Phi) is 4.20. The van der Waals surface area contributed by atoms with Gasteiger partial charge in [-0.1, -0.05) is 29.8 Å². The van der Waals surface area contributed by atoms with Crippen LogP contribution < -0.4 is 5.32 Å². The summed E-state index contributed by atoms with van der Waals surface area (Å²) in [6, 6.07) is 7.38. The molecule has 0 saturated carbocycles. The van der Waals surface area contributed by atoms with Crippen molar-refractivity contribution >= 4 is 17.5 Å². The maximum Gasteiger partial charge on any atom is 0.243 e. The Morgan fingerprint density at radius 1 is 1.43 bits per heavy atom. The Hall–Kier alpha value is -1.28. The van der Waals surface area contributed by atoms with Gasteiger partial charge in [-0.2, -0.15) is 0 Å². The van der Waals surface area contributed by atoms with Crippen LogP contribution in [0.15, 0.2) is 36.4 Å². The zero-order valence-electron chi connectivity index (χ0n) is 7.96. The summed E-state index contributed by atoms with van der Waals surface area (Å²) < 4.78 is 0. The van der Waals surface area contributed by atoms with Crippen LogP contribution in [0, 0.1) is 0 Å². The number of benzene rings is 1. The average Bonchev–Trinajstić information content (AvgIpc) is 2.17. The molecule has 0 heterocycles. The quantitative estimate of drug-likeness (QED) is 0.762. The number of hydrogen-bond acceptors (Lipinski definition) is 1. The van der Waals surface area contributed by atoms with Crippen LogP contribution in [0.25, 0.3) is 0 Å². The molecule has 0 atom stereocenters. The minimum atomic E-state index is -0.0811. The standard InChI is InChI=1S/C11H12ClNO/c1-2-3-11(14)13-8-9-4-6-10(12)7-5-9/h2-7H,8H2,1H3,(H,13,14)/b3-2+. The van der Waals surface area contributed by atoms with Gasteiger partial charge in [0.15, 0.2) is 0 Å². The van der Waals surface area contributed by atoms with Gasteiger partial charge in [0.05, 0.1) is 0 Å². The molecule has 0 aliphatic carbocycles. The van der Waals surface area contributed by atoms with E-state index < -0.39 is 0 Å². The minimum absolute atomic E-state index is 0.0811. The molecule has 0 aromatic heterocycles. The summed E-state index contributed by atoms with van der Waals surface area (Å²) in [4.78, 5) is 11.1. The maximum absolute atomic E-state index is 11.1. The lowest BCUT2D eigenvalue weighted by Crippen LogP contribution is -2.20. The van der Waals surface area contributed by atoms with Gasteiger partial charge in [0.25, 0.3) is 0 Å². The second-order valence-corrected chi connectivity index (χ2v) is 3.28. The predicted molar refractivity (Wildman–Crippen MR) is 58.1 cm³/mol. The van der Waals surface area contributed by atoms with Gasteiger partial charge >= 0.3 is 0 Å². The van der Waals surface area contributed by atoms with E-state index in [1.54, 1.807) is 18.2 Å². The molecular formula is C11H12ClNO. The number of carbonyl (C=O) groups is 1. The van der Waals surface area contributed by atoms with E-state index in [1.807, 2.05) is 19.1 Å². The molecule has 1 rings (SSSR count). The summed E-state index contributed by atoms with van der Waals surface area (Å²) in [6.07, 6.45) is 3.20. The van der Waals surface area contributed by atoms with Crippen LogP contribution >= 0.6 is 11.6 Å². The molecule has 0 aliphatic rings. The van der Waals surface area contributed by atoms with Crippen LogP contribution in [0.4, 0.5) is 0 Å². The van der Waals surface area contributed by atoms with Crippen LogP contribution in [0.2, 0.25) is 5.02 Å². The largest absolute Gasteiger partial charge is 0.348 e. The minimum Gasteiger partial charge on any atom is -0.348 e. The van der Waals surface area contributed by atoms with Crippen molar-refractivity contribution in [2.75, 3.05) is 0 Å². The van der Waals surface area contributed by atoms with Crippen molar-refractivity contribution in [2.45, 2.75) is 13.5 Å². The number of nitrogens with one attached hydrogen (secondary N) is 1. The molecule has 14 heavy (non-hydrogen) atoms. The Labute approximate surface area is 88.6 Å². The van der Waals surface area contributed by atoms with E-state index in [1.165, 1.54) is 6.08 Å².